The molecule has 4 N–H and O–H groups in total. The molecule has 0 radical (unpaired) electrons. The standard InChI is InChI=1S/C41H74NO8P/c1-3-5-7-8-9-10-11-12-13-17-20-23-26-30-35-47-37-40(38-49-51(45,46)48-36-34-42)50-41(44)33-29-25-22-19-16-14-15-18-21-24-28-32-39(43)31-27-6-4-2/h14-15,19,21-22,24,28,30,32,35,39-40,43H,3-13,16-18,20,23,25-27,29,31,33-34,36-38,42H2,1-2H3,(H,45,46)/b15-14-,22-19-,24-21-,32-28+,35-30+/t39-,40+/m0/s1. The van der Waals surface area contributed by atoms with Gasteiger partial charge in [0.1, 0.15) is 6.61 Å². The van der Waals surface area contributed by atoms with Crippen LogP contribution in [0.2, 0.25) is 0 Å². The van der Waals surface area contributed by atoms with Gasteiger partial charge in [-0.25, -0.2) is 4.57 Å². The van der Waals surface area contributed by atoms with Gasteiger partial charge in [-0.1, -0.05) is 152 Å². The molecular formula is C41H74NO8P. The van der Waals surface area contributed by atoms with Crippen molar-refractivity contribution in [3.8, 4) is 0 Å². The number of rotatable bonds is 37. The average molecular weight is 740 g/mol. The monoisotopic (exact) mass is 740 g/mol. The molecule has 0 aliphatic carbocycles. The van der Waals surface area contributed by atoms with E-state index >= 15 is 0 Å². The third kappa shape index (κ3) is 37.6. The molecule has 0 fully saturated rings. The largest absolute Gasteiger partial charge is 0.498 e. The van der Waals surface area contributed by atoms with Crippen LogP contribution in [0.25, 0.3) is 0 Å². The number of phosphoric ester groups is 1. The van der Waals surface area contributed by atoms with Crippen LogP contribution in [0, 0.1) is 0 Å². The van der Waals surface area contributed by atoms with Crippen molar-refractivity contribution in [1.29, 1.82) is 0 Å². The van der Waals surface area contributed by atoms with E-state index in [0.29, 0.717) is 6.42 Å². The first kappa shape index (κ1) is 49.0. The molecule has 0 aliphatic heterocycles. The van der Waals surface area contributed by atoms with Gasteiger partial charge in [-0.3, -0.25) is 13.8 Å². The minimum Gasteiger partial charge on any atom is -0.498 e. The van der Waals surface area contributed by atoms with Crippen LogP contribution in [0.4, 0.5) is 0 Å². The normalized spacial score (nSPS) is 14.8. The molecule has 9 nitrogen and oxygen atoms in total. The number of ether oxygens (including phenoxy) is 2. The van der Waals surface area contributed by atoms with E-state index in [1.165, 1.54) is 70.6 Å². The molecule has 296 valence electrons. The van der Waals surface area contributed by atoms with E-state index in [1.54, 1.807) is 6.26 Å². The molecule has 0 spiro atoms. The van der Waals surface area contributed by atoms with Gasteiger partial charge in [-0.05, 0) is 51.0 Å². The first-order chi connectivity index (χ1) is 24.8. The van der Waals surface area contributed by atoms with Crippen LogP contribution < -0.4 is 5.73 Å². The lowest BCUT2D eigenvalue weighted by atomic mass is 10.0. The van der Waals surface area contributed by atoms with E-state index in [4.69, 9.17) is 24.3 Å². The van der Waals surface area contributed by atoms with E-state index < -0.39 is 19.9 Å². The average Bonchev–Trinajstić information content (AvgIpc) is 3.11. The molecule has 0 heterocycles. The summed E-state index contributed by atoms with van der Waals surface area (Å²) in [6.45, 7) is 4.02. The van der Waals surface area contributed by atoms with Gasteiger partial charge >= 0.3 is 13.8 Å². The van der Waals surface area contributed by atoms with E-state index in [0.717, 1.165) is 57.8 Å². The highest BCUT2D eigenvalue weighted by Gasteiger charge is 2.25. The molecule has 0 saturated carbocycles. The van der Waals surface area contributed by atoms with Crippen molar-refractivity contribution >= 4 is 13.8 Å². The summed E-state index contributed by atoms with van der Waals surface area (Å²) >= 11 is 0. The fraction of sp³-hybridized carbons (Fsp3) is 0.732. The zero-order valence-electron chi connectivity index (χ0n) is 32.2. The maximum atomic E-state index is 12.5. The van der Waals surface area contributed by atoms with E-state index in [-0.39, 0.29) is 38.9 Å². The summed E-state index contributed by atoms with van der Waals surface area (Å²) in [4.78, 5) is 22.4. The van der Waals surface area contributed by atoms with Crippen LogP contribution >= 0.6 is 7.82 Å². The maximum absolute atomic E-state index is 12.5. The maximum Gasteiger partial charge on any atom is 0.472 e. The Morgan fingerprint density at radius 2 is 1.29 bits per heavy atom. The summed E-state index contributed by atoms with van der Waals surface area (Å²) in [6, 6.07) is 0. The number of allylic oxidation sites excluding steroid dienone is 8. The Morgan fingerprint density at radius 3 is 1.96 bits per heavy atom. The van der Waals surface area contributed by atoms with Crippen molar-refractivity contribution < 1.29 is 37.9 Å². The van der Waals surface area contributed by atoms with Crippen LogP contribution in [-0.4, -0.2) is 54.5 Å². The molecule has 0 aromatic heterocycles. The Hall–Kier alpha value is -2.00. The van der Waals surface area contributed by atoms with Crippen LogP contribution in [0.3, 0.4) is 0 Å². The summed E-state index contributed by atoms with van der Waals surface area (Å²) < 4.78 is 33.0. The fourth-order valence-electron chi connectivity index (χ4n) is 5.12. The van der Waals surface area contributed by atoms with Crippen LogP contribution in [-0.2, 0) is 27.9 Å². The smallest absolute Gasteiger partial charge is 0.472 e. The number of esters is 1. The summed E-state index contributed by atoms with van der Waals surface area (Å²) in [5.74, 6) is -0.425. The minimum atomic E-state index is -4.32. The van der Waals surface area contributed by atoms with Gasteiger partial charge in [0, 0.05) is 13.0 Å². The Labute approximate surface area is 311 Å². The van der Waals surface area contributed by atoms with Gasteiger partial charge in [0.2, 0.25) is 0 Å². The van der Waals surface area contributed by atoms with Gasteiger partial charge < -0.3 is 25.2 Å². The Bertz CT molecular complexity index is 981. The van der Waals surface area contributed by atoms with Crippen molar-refractivity contribution in [2.75, 3.05) is 26.4 Å². The third-order valence-electron chi connectivity index (χ3n) is 8.11. The predicted molar refractivity (Wildman–Crippen MR) is 211 cm³/mol. The SMILES string of the molecule is CCCCCCCCCCCCCC/C=C/OC[C@H](COP(=O)(O)OCCN)OC(=O)CCC/C=C\C/C=C\C/C=C\C=C\[C@@H](O)CCCCC. The second-order valence-electron chi connectivity index (χ2n) is 13.1. The highest BCUT2D eigenvalue weighted by Crippen LogP contribution is 2.43. The van der Waals surface area contributed by atoms with E-state index in [9.17, 15) is 19.4 Å². The van der Waals surface area contributed by atoms with Crippen molar-refractivity contribution in [3.05, 3.63) is 60.9 Å². The van der Waals surface area contributed by atoms with E-state index in [1.807, 2.05) is 36.5 Å². The third-order valence-corrected chi connectivity index (χ3v) is 9.09. The first-order valence-electron chi connectivity index (χ1n) is 19.9. The number of carbonyl (C=O) groups is 1. The number of aliphatic hydroxyl groups is 1. The zero-order valence-corrected chi connectivity index (χ0v) is 33.1. The molecule has 10 heteroatoms. The number of unbranched alkanes of at least 4 members (excludes halogenated alkanes) is 15. The lowest BCUT2D eigenvalue weighted by molar-refractivity contribution is -0.153. The quantitative estimate of drug-likeness (QED) is 0.0142. The molecule has 0 aliphatic rings. The number of aliphatic hydroxyl groups excluding tert-OH is 1. The van der Waals surface area contributed by atoms with Crippen LogP contribution in [0.5, 0.6) is 0 Å². The second kappa shape index (κ2) is 37.7. The van der Waals surface area contributed by atoms with Crippen molar-refractivity contribution in [1.82, 2.24) is 0 Å². The first-order valence-corrected chi connectivity index (χ1v) is 21.4. The number of hydrogen-bond acceptors (Lipinski definition) is 8. The Balaban J connectivity index is 4.29. The molecule has 0 aromatic rings. The zero-order chi connectivity index (χ0) is 37.5. The van der Waals surface area contributed by atoms with Gasteiger partial charge in [-0.2, -0.15) is 0 Å². The molecule has 0 aromatic carbocycles. The lowest BCUT2D eigenvalue weighted by Crippen LogP contribution is -2.27. The fourth-order valence-corrected chi connectivity index (χ4v) is 5.89. The molecule has 0 rings (SSSR count). The molecule has 51 heavy (non-hydrogen) atoms. The molecular weight excluding hydrogens is 665 g/mol. The Kier molecular flexibility index (Phi) is 36.3. The van der Waals surface area contributed by atoms with Crippen molar-refractivity contribution in [2.45, 2.75) is 167 Å². The number of phosphoric acid groups is 1. The molecule has 3 atom stereocenters. The molecule has 1 unspecified atom stereocenters. The summed E-state index contributed by atoms with van der Waals surface area (Å²) in [5.41, 5.74) is 5.34. The van der Waals surface area contributed by atoms with Gasteiger partial charge in [0.05, 0.1) is 25.6 Å². The molecule has 0 bridgehead atoms. The van der Waals surface area contributed by atoms with Gasteiger partial charge in [-0.15, -0.1) is 0 Å². The topological polar surface area (TPSA) is 138 Å². The summed E-state index contributed by atoms with van der Waals surface area (Å²) in [7, 11) is -4.32. The number of nitrogens with two attached hydrogens (primary N) is 1. The van der Waals surface area contributed by atoms with Crippen molar-refractivity contribution in [2.24, 2.45) is 5.73 Å². The number of hydrogen-bond donors (Lipinski definition) is 3. The second-order valence-corrected chi connectivity index (χ2v) is 14.5. The van der Waals surface area contributed by atoms with E-state index in [2.05, 4.69) is 32.1 Å². The number of carbonyl (C=O) groups excluding carboxylic acids is 1. The Morgan fingerprint density at radius 1 is 0.706 bits per heavy atom. The molecule has 0 saturated heterocycles. The van der Waals surface area contributed by atoms with Gasteiger partial charge in [0.25, 0.3) is 0 Å². The summed E-state index contributed by atoms with van der Waals surface area (Å²) in [5, 5.41) is 9.88. The van der Waals surface area contributed by atoms with Crippen molar-refractivity contribution in [3.63, 3.8) is 0 Å². The highest BCUT2D eigenvalue weighted by atomic mass is 31.2. The highest BCUT2D eigenvalue weighted by molar-refractivity contribution is 7.47. The van der Waals surface area contributed by atoms with Gasteiger partial charge in [0.15, 0.2) is 6.10 Å². The lowest BCUT2D eigenvalue weighted by Gasteiger charge is -2.19. The molecule has 0 amide bonds. The predicted octanol–water partition coefficient (Wildman–Crippen LogP) is 10.7. The minimum absolute atomic E-state index is 0.00368. The summed E-state index contributed by atoms with van der Waals surface area (Å²) in [6.07, 6.45) is 42.3. The van der Waals surface area contributed by atoms with Crippen LogP contribution in [0.1, 0.15) is 155 Å². The van der Waals surface area contributed by atoms with Crippen LogP contribution in [0.15, 0.2) is 60.9 Å².